The highest BCUT2D eigenvalue weighted by Crippen LogP contribution is 2.46. The van der Waals surface area contributed by atoms with Crippen LogP contribution >= 0.6 is 0 Å². The molecule has 0 bridgehead atoms. The summed E-state index contributed by atoms with van der Waals surface area (Å²) < 4.78 is 39.5. The normalized spacial score (nSPS) is 24.6. The lowest BCUT2D eigenvalue weighted by molar-refractivity contribution is -0.161. The van der Waals surface area contributed by atoms with Gasteiger partial charge in [0.05, 0.1) is 29.7 Å². The number of ether oxygens (including phenoxy) is 2. The quantitative estimate of drug-likeness (QED) is 0.262. The molecule has 2 heterocycles. The number of aromatic nitrogens is 1. The van der Waals surface area contributed by atoms with Crippen LogP contribution in [0.5, 0.6) is 5.75 Å². The van der Waals surface area contributed by atoms with Crippen LogP contribution in [-0.2, 0) is 33.9 Å². The van der Waals surface area contributed by atoms with Crippen LogP contribution in [0.2, 0.25) is 0 Å². The zero-order chi connectivity index (χ0) is 36.1. The van der Waals surface area contributed by atoms with E-state index in [1.54, 1.807) is 33.0 Å². The average Bonchev–Trinajstić information content (AvgIpc) is 3.91. The molecule has 13 heteroatoms. The van der Waals surface area contributed by atoms with Gasteiger partial charge in [0.1, 0.15) is 29.0 Å². The van der Waals surface area contributed by atoms with E-state index in [-0.39, 0.29) is 25.8 Å². The third kappa shape index (κ3) is 8.08. The van der Waals surface area contributed by atoms with Crippen molar-refractivity contribution in [2.75, 3.05) is 6.54 Å². The first-order chi connectivity index (χ1) is 22.7. The van der Waals surface area contributed by atoms with E-state index in [1.807, 2.05) is 45.9 Å². The van der Waals surface area contributed by atoms with E-state index in [1.165, 1.54) is 11.0 Å². The van der Waals surface area contributed by atoms with Gasteiger partial charge in [-0.3, -0.25) is 28.9 Å². The number of aryl methyl sites for hydroxylation is 1. The summed E-state index contributed by atoms with van der Waals surface area (Å²) in [5.74, 6) is -3.20. The number of benzene rings is 1. The third-order valence-electron chi connectivity index (χ3n) is 9.38. The smallest absolute Gasteiger partial charge is 0.307 e. The first-order valence-corrected chi connectivity index (χ1v) is 18.3. The van der Waals surface area contributed by atoms with Crippen molar-refractivity contribution >= 4 is 44.6 Å². The van der Waals surface area contributed by atoms with E-state index in [0.717, 1.165) is 16.5 Å². The summed E-state index contributed by atoms with van der Waals surface area (Å²) >= 11 is 0. The average molecular weight is 697 g/mol. The van der Waals surface area contributed by atoms with Gasteiger partial charge in [0, 0.05) is 23.9 Å². The molecule has 12 nitrogen and oxygen atoms in total. The summed E-state index contributed by atoms with van der Waals surface area (Å²) in [6, 6.07) is 6.45. The lowest BCUT2D eigenvalue weighted by Gasteiger charge is -2.35. The van der Waals surface area contributed by atoms with Crippen LogP contribution in [0.15, 0.2) is 43.1 Å². The van der Waals surface area contributed by atoms with Crippen molar-refractivity contribution in [3.05, 3.63) is 48.7 Å². The van der Waals surface area contributed by atoms with Crippen molar-refractivity contribution in [1.82, 2.24) is 19.9 Å². The highest BCUT2D eigenvalue weighted by atomic mass is 32.2. The molecule has 2 N–H and O–H groups in total. The van der Waals surface area contributed by atoms with Crippen molar-refractivity contribution in [2.45, 2.75) is 109 Å². The highest BCUT2D eigenvalue weighted by molar-refractivity contribution is 7.91. The summed E-state index contributed by atoms with van der Waals surface area (Å²) in [5.41, 5.74) is -1.19. The fraction of sp³-hybridized carbons (Fsp3) is 0.583. The second kappa shape index (κ2) is 13.0. The zero-order valence-electron chi connectivity index (χ0n) is 29.4. The largest absolute Gasteiger partial charge is 0.488 e. The Bertz CT molecular complexity index is 1770. The Morgan fingerprint density at radius 1 is 1.12 bits per heavy atom. The van der Waals surface area contributed by atoms with Crippen molar-refractivity contribution in [2.24, 2.45) is 17.3 Å². The Hall–Kier alpha value is -4.00. The van der Waals surface area contributed by atoms with Gasteiger partial charge in [-0.2, -0.15) is 0 Å². The van der Waals surface area contributed by atoms with Crippen LogP contribution < -0.4 is 14.8 Å². The lowest BCUT2D eigenvalue weighted by Crippen LogP contribution is -2.57. The summed E-state index contributed by atoms with van der Waals surface area (Å²) in [4.78, 5) is 61.0. The standard InChI is InChI=1S/C36H48N4O8S/c1-9-22-19-36(22,33(44)39-49(45,46)24-11-12-24)38-31(42)28-17-23(47-29-14-15-37-27-16-21(2)10-13-25(27)29)20-40(28)32(43)26(34(3,4)5)18-30(41)48-35(6,7)8/h9-10,13-16,22-24,26,28H,1,11-12,17-20H2,2-8H3,(H,38,42)(H,39,44)/t22-,23-,26-,28+,36-/m1/s1. The van der Waals surface area contributed by atoms with Gasteiger partial charge < -0.3 is 19.7 Å². The van der Waals surface area contributed by atoms with E-state index in [9.17, 15) is 27.6 Å². The van der Waals surface area contributed by atoms with Crippen LogP contribution in [-0.4, -0.2) is 77.1 Å². The highest BCUT2D eigenvalue weighted by Gasteiger charge is 2.62. The number of carbonyl (C=O) groups excluding carboxylic acids is 4. The molecule has 5 atom stereocenters. The number of esters is 1. The molecule has 1 saturated heterocycles. The zero-order valence-corrected chi connectivity index (χ0v) is 30.2. The predicted octanol–water partition coefficient (Wildman–Crippen LogP) is 3.95. The molecule has 5 rings (SSSR count). The first-order valence-electron chi connectivity index (χ1n) is 16.8. The van der Waals surface area contributed by atoms with Gasteiger partial charge in [-0.1, -0.05) is 32.9 Å². The van der Waals surface area contributed by atoms with Gasteiger partial charge >= 0.3 is 5.97 Å². The number of likely N-dealkylation sites (tertiary alicyclic amines) is 1. The summed E-state index contributed by atoms with van der Waals surface area (Å²) in [6.07, 6.45) is 3.52. The van der Waals surface area contributed by atoms with Crippen molar-refractivity contribution < 1.29 is 37.1 Å². The number of amides is 3. The number of carbonyl (C=O) groups is 4. The number of fused-ring (bicyclic) bond motifs is 1. The predicted molar refractivity (Wildman–Crippen MR) is 184 cm³/mol. The molecule has 1 aliphatic heterocycles. The minimum absolute atomic E-state index is 0.0354. The molecule has 0 radical (unpaired) electrons. The number of rotatable bonds is 11. The van der Waals surface area contributed by atoms with Gasteiger partial charge in [0.2, 0.25) is 21.8 Å². The number of pyridine rings is 1. The van der Waals surface area contributed by atoms with Crippen LogP contribution in [0.25, 0.3) is 10.9 Å². The Morgan fingerprint density at radius 2 is 1.82 bits per heavy atom. The van der Waals surface area contributed by atoms with Crippen LogP contribution in [0.3, 0.4) is 0 Å². The summed E-state index contributed by atoms with van der Waals surface area (Å²) in [5, 5.41) is 2.96. The van der Waals surface area contributed by atoms with Gasteiger partial charge in [0.15, 0.2) is 0 Å². The van der Waals surface area contributed by atoms with Gasteiger partial charge in [-0.05, 0) is 76.1 Å². The van der Waals surface area contributed by atoms with Gasteiger partial charge in [0.25, 0.3) is 5.91 Å². The maximum atomic E-state index is 14.5. The molecule has 1 aromatic carbocycles. The maximum absolute atomic E-state index is 14.5. The molecule has 2 aromatic rings. The number of nitrogens with zero attached hydrogens (tertiary/aromatic N) is 2. The molecule has 2 saturated carbocycles. The fourth-order valence-corrected chi connectivity index (χ4v) is 7.79. The van der Waals surface area contributed by atoms with E-state index in [0.29, 0.717) is 18.6 Å². The topological polar surface area (TPSA) is 161 Å². The first kappa shape index (κ1) is 36.3. The molecular formula is C36H48N4O8S. The van der Waals surface area contributed by atoms with Crippen molar-refractivity contribution in [1.29, 1.82) is 0 Å². The van der Waals surface area contributed by atoms with E-state index >= 15 is 0 Å². The van der Waals surface area contributed by atoms with E-state index < -0.39 is 79.5 Å². The Labute approximate surface area is 288 Å². The summed E-state index contributed by atoms with van der Waals surface area (Å²) in [6.45, 7) is 16.6. The number of hydrogen-bond acceptors (Lipinski definition) is 9. The Morgan fingerprint density at radius 3 is 2.41 bits per heavy atom. The summed E-state index contributed by atoms with van der Waals surface area (Å²) in [7, 11) is -3.88. The molecular weight excluding hydrogens is 648 g/mol. The second-order valence-corrected chi connectivity index (χ2v) is 17.7. The Kier molecular flexibility index (Phi) is 9.65. The van der Waals surface area contributed by atoms with Crippen LogP contribution in [0.4, 0.5) is 0 Å². The molecule has 3 aliphatic rings. The molecule has 266 valence electrons. The molecule has 2 aliphatic carbocycles. The number of sulfonamides is 1. The van der Waals surface area contributed by atoms with Crippen LogP contribution in [0, 0.1) is 24.2 Å². The number of nitrogens with one attached hydrogen (secondary N) is 2. The van der Waals surface area contributed by atoms with E-state index in [4.69, 9.17) is 9.47 Å². The minimum atomic E-state index is -3.88. The molecule has 49 heavy (non-hydrogen) atoms. The van der Waals surface area contributed by atoms with Crippen molar-refractivity contribution in [3.8, 4) is 5.75 Å². The molecule has 3 fully saturated rings. The van der Waals surface area contributed by atoms with Crippen LogP contribution in [0.1, 0.15) is 79.2 Å². The lowest BCUT2D eigenvalue weighted by atomic mass is 9.77. The number of hydrogen-bond donors (Lipinski definition) is 2. The SMILES string of the molecule is C=C[C@@H]1C[C@]1(NC(=O)[C@@H]1C[C@@H](Oc2ccnc3cc(C)ccc23)CN1C(=O)[C@@H](CC(=O)OC(C)(C)C)C(C)(C)C)C(=O)NS(=O)(=O)C1CC1. The van der Waals surface area contributed by atoms with Gasteiger partial charge in [-0.25, -0.2) is 8.42 Å². The minimum Gasteiger partial charge on any atom is -0.488 e. The molecule has 3 amide bonds. The molecule has 1 aromatic heterocycles. The van der Waals surface area contributed by atoms with Crippen molar-refractivity contribution in [3.63, 3.8) is 0 Å². The third-order valence-corrected chi connectivity index (χ3v) is 11.2. The molecule has 0 spiro atoms. The van der Waals surface area contributed by atoms with Gasteiger partial charge in [-0.15, -0.1) is 6.58 Å². The molecule has 0 unspecified atom stereocenters. The van der Waals surface area contributed by atoms with E-state index in [2.05, 4.69) is 21.6 Å². The second-order valence-electron chi connectivity index (χ2n) is 15.7. The fourth-order valence-electron chi connectivity index (χ4n) is 6.42. The Balaban J connectivity index is 1.44. The monoisotopic (exact) mass is 696 g/mol. The maximum Gasteiger partial charge on any atom is 0.307 e.